The Morgan fingerprint density at radius 3 is 2.53 bits per heavy atom. The van der Waals surface area contributed by atoms with E-state index in [-0.39, 0.29) is 16.1 Å². The number of benzene rings is 1. The number of carbonyl (C=O) groups excluding carboxylic acids is 1. The lowest BCUT2D eigenvalue weighted by Gasteiger charge is -2.16. The molecule has 0 amide bonds. The molecule has 0 saturated heterocycles. The molecule has 1 aromatic carbocycles. The second-order valence-electron chi connectivity index (χ2n) is 3.93. The van der Waals surface area contributed by atoms with Crippen molar-refractivity contribution in [3.63, 3.8) is 0 Å². The van der Waals surface area contributed by atoms with Crippen LogP contribution in [0, 0.1) is 5.82 Å². The molecule has 1 atom stereocenters. The lowest BCUT2D eigenvalue weighted by atomic mass is 10.0. The Bertz CT molecular complexity index is 603. The molecule has 0 aromatic heterocycles. The molecule has 0 heterocycles. The summed E-state index contributed by atoms with van der Waals surface area (Å²) in [4.78, 5) is 11.4. The molecule has 1 unspecified atom stereocenters. The molecule has 0 aliphatic heterocycles. The molecule has 1 aromatic rings. The van der Waals surface area contributed by atoms with Crippen LogP contribution >= 0.6 is 11.6 Å². The third kappa shape index (κ3) is 3.89. The Balaban J connectivity index is 3.30. The van der Waals surface area contributed by atoms with Crippen LogP contribution in [0.5, 0.6) is 0 Å². The van der Waals surface area contributed by atoms with Gasteiger partial charge in [-0.05, 0) is 19.1 Å². The Hall–Kier alpha value is -1.18. The van der Waals surface area contributed by atoms with Crippen molar-refractivity contribution in [2.24, 2.45) is 0 Å². The quantitative estimate of drug-likeness (QED) is 0.862. The van der Waals surface area contributed by atoms with E-state index in [0.29, 0.717) is 0 Å². The fourth-order valence-electron chi connectivity index (χ4n) is 1.61. The van der Waals surface area contributed by atoms with Gasteiger partial charge in [0.25, 0.3) is 0 Å². The third-order valence-corrected chi connectivity index (χ3v) is 3.47. The fraction of sp³-hybridized carbons (Fsp3) is 0.364. The van der Waals surface area contributed by atoms with Crippen LogP contribution in [-0.4, -0.2) is 27.8 Å². The van der Waals surface area contributed by atoms with E-state index in [4.69, 9.17) is 11.6 Å². The molecule has 106 valence electrons. The molecule has 19 heavy (non-hydrogen) atoms. The first-order valence-electron chi connectivity index (χ1n) is 5.21. The lowest BCUT2D eigenvalue weighted by Crippen LogP contribution is -2.26. The van der Waals surface area contributed by atoms with Crippen LogP contribution in [0.25, 0.3) is 0 Å². The number of nitrogens with one attached hydrogen (secondary N) is 1. The molecule has 0 fully saturated rings. The highest BCUT2D eigenvalue weighted by molar-refractivity contribution is 7.88. The summed E-state index contributed by atoms with van der Waals surface area (Å²) in [5.74, 6) is -1.76. The summed E-state index contributed by atoms with van der Waals surface area (Å²) in [5, 5.41) is 0.0220. The number of sulfonamides is 1. The number of esters is 1. The van der Waals surface area contributed by atoms with E-state index in [1.165, 1.54) is 19.1 Å². The molecule has 0 aliphatic carbocycles. The van der Waals surface area contributed by atoms with E-state index in [9.17, 15) is 17.6 Å². The molecule has 0 radical (unpaired) electrons. The average molecular weight is 310 g/mol. The van der Waals surface area contributed by atoms with E-state index in [1.54, 1.807) is 0 Å². The standard InChI is InChI=1S/C11H13ClFNO4S/c1-6(14-19(3,16)17)9-8(12)5-4-7(10(9)13)11(15)18-2/h4-6,14H,1-3H3. The van der Waals surface area contributed by atoms with Gasteiger partial charge in [0.15, 0.2) is 0 Å². The van der Waals surface area contributed by atoms with E-state index >= 15 is 0 Å². The van der Waals surface area contributed by atoms with E-state index in [2.05, 4.69) is 9.46 Å². The molecule has 8 heteroatoms. The number of hydrogen-bond acceptors (Lipinski definition) is 4. The first-order valence-corrected chi connectivity index (χ1v) is 7.47. The summed E-state index contributed by atoms with van der Waals surface area (Å²) in [6, 6.07) is 1.58. The lowest BCUT2D eigenvalue weighted by molar-refractivity contribution is 0.0595. The minimum Gasteiger partial charge on any atom is -0.465 e. The highest BCUT2D eigenvalue weighted by Crippen LogP contribution is 2.28. The van der Waals surface area contributed by atoms with Gasteiger partial charge in [0.2, 0.25) is 10.0 Å². The van der Waals surface area contributed by atoms with Crippen molar-refractivity contribution in [3.8, 4) is 0 Å². The molecule has 0 saturated carbocycles. The second kappa shape index (κ2) is 5.85. The van der Waals surface area contributed by atoms with Crippen molar-refractivity contribution in [3.05, 3.63) is 34.1 Å². The predicted octanol–water partition coefficient (Wildman–Crippen LogP) is 1.88. The van der Waals surface area contributed by atoms with Crippen molar-refractivity contribution in [2.75, 3.05) is 13.4 Å². The van der Waals surface area contributed by atoms with Crippen LogP contribution in [0.4, 0.5) is 4.39 Å². The van der Waals surface area contributed by atoms with Gasteiger partial charge >= 0.3 is 5.97 Å². The number of halogens is 2. The second-order valence-corrected chi connectivity index (χ2v) is 6.11. The normalized spacial score (nSPS) is 13.1. The number of hydrogen-bond donors (Lipinski definition) is 1. The zero-order valence-electron chi connectivity index (χ0n) is 10.5. The van der Waals surface area contributed by atoms with Crippen molar-refractivity contribution in [2.45, 2.75) is 13.0 Å². The number of methoxy groups -OCH3 is 1. The van der Waals surface area contributed by atoms with Gasteiger partial charge in [-0.1, -0.05) is 11.6 Å². The SMILES string of the molecule is COC(=O)c1ccc(Cl)c(C(C)NS(C)(=O)=O)c1F. The van der Waals surface area contributed by atoms with Gasteiger partial charge in [0, 0.05) is 16.6 Å². The van der Waals surface area contributed by atoms with Crippen LogP contribution in [0.1, 0.15) is 28.9 Å². The van der Waals surface area contributed by atoms with Crippen molar-refractivity contribution in [1.29, 1.82) is 0 Å². The highest BCUT2D eigenvalue weighted by atomic mass is 35.5. The molecule has 0 aliphatic rings. The van der Waals surface area contributed by atoms with Gasteiger partial charge in [-0.2, -0.15) is 0 Å². The Morgan fingerprint density at radius 2 is 2.05 bits per heavy atom. The summed E-state index contributed by atoms with van der Waals surface area (Å²) < 4.78 is 43.1. The van der Waals surface area contributed by atoms with Gasteiger partial charge in [-0.25, -0.2) is 22.3 Å². The maximum absolute atomic E-state index is 14.2. The first-order chi connectivity index (χ1) is 8.67. The van der Waals surface area contributed by atoms with Gasteiger partial charge < -0.3 is 4.74 Å². The predicted molar refractivity (Wildman–Crippen MR) is 69.1 cm³/mol. The number of rotatable bonds is 4. The Labute approximate surface area is 115 Å². The fourth-order valence-corrected chi connectivity index (χ4v) is 2.68. The smallest absolute Gasteiger partial charge is 0.340 e. The van der Waals surface area contributed by atoms with Gasteiger partial charge in [-0.15, -0.1) is 0 Å². The monoisotopic (exact) mass is 309 g/mol. The number of carbonyl (C=O) groups is 1. The zero-order valence-corrected chi connectivity index (χ0v) is 12.1. The van der Waals surface area contributed by atoms with Crippen LogP contribution in [0.2, 0.25) is 5.02 Å². The van der Waals surface area contributed by atoms with Crippen molar-refractivity contribution in [1.82, 2.24) is 4.72 Å². The van der Waals surface area contributed by atoms with E-state index in [1.807, 2.05) is 0 Å². The van der Waals surface area contributed by atoms with Crippen LogP contribution < -0.4 is 4.72 Å². The summed E-state index contributed by atoms with van der Waals surface area (Å²) in [6.07, 6.45) is 0.944. The molecule has 0 bridgehead atoms. The van der Waals surface area contributed by atoms with Crippen LogP contribution in [0.3, 0.4) is 0 Å². The van der Waals surface area contributed by atoms with E-state index in [0.717, 1.165) is 13.4 Å². The van der Waals surface area contributed by atoms with Crippen LogP contribution in [0.15, 0.2) is 12.1 Å². The number of ether oxygens (including phenoxy) is 1. The first kappa shape index (κ1) is 15.9. The molecule has 0 spiro atoms. The van der Waals surface area contributed by atoms with Crippen molar-refractivity contribution >= 4 is 27.6 Å². The summed E-state index contributed by atoms with van der Waals surface area (Å²) in [5.41, 5.74) is -0.404. The summed E-state index contributed by atoms with van der Waals surface area (Å²) in [6.45, 7) is 1.42. The average Bonchev–Trinajstić information content (AvgIpc) is 2.25. The Kier molecular flexibility index (Phi) is 4.89. The third-order valence-electron chi connectivity index (χ3n) is 2.36. The van der Waals surface area contributed by atoms with Gasteiger partial charge in [0.05, 0.1) is 18.9 Å². The largest absolute Gasteiger partial charge is 0.465 e. The molecular weight excluding hydrogens is 297 g/mol. The molecule has 1 N–H and O–H groups in total. The van der Waals surface area contributed by atoms with Crippen molar-refractivity contribution < 1.29 is 22.3 Å². The maximum atomic E-state index is 14.2. The summed E-state index contributed by atoms with van der Waals surface area (Å²) >= 11 is 5.85. The molecule has 5 nitrogen and oxygen atoms in total. The minimum atomic E-state index is -3.54. The summed E-state index contributed by atoms with van der Waals surface area (Å²) in [7, 11) is -2.42. The van der Waals surface area contributed by atoms with Gasteiger partial charge in [-0.3, -0.25) is 0 Å². The van der Waals surface area contributed by atoms with Crippen LogP contribution in [-0.2, 0) is 14.8 Å². The van der Waals surface area contributed by atoms with Gasteiger partial charge in [0.1, 0.15) is 5.82 Å². The highest BCUT2D eigenvalue weighted by Gasteiger charge is 2.23. The zero-order chi connectivity index (χ0) is 14.8. The minimum absolute atomic E-state index is 0.0220. The maximum Gasteiger partial charge on any atom is 0.340 e. The molecule has 1 rings (SSSR count). The topological polar surface area (TPSA) is 72.5 Å². The van der Waals surface area contributed by atoms with E-state index < -0.39 is 27.9 Å². The molecular formula is C11H13ClFNO4S. The Morgan fingerprint density at radius 1 is 1.47 bits per heavy atom.